The lowest BCUT2D eigenvalue weighted by Crippen LogP contribution is -2.09. The number of hydrogen-bond donors (Lipinski definition) is 0. The van der Waals surface area contributed by atoms with Crippen molar-refractivity contribution in [3.05, 3.63) is 34.4 Å². The van der Waals surface area contributed by atoms with Gasteiger partial charge in [0.15, 0.2) is 0 Å². The van der Waals surface area contributed by atoms with Gasteiger partial charge in [0.05, 0.1) is 13.2 Å². The highest BCUT2D eigenvalue weighted by Crippen LogP contribution is 2.29. The van der Waals surface area contributed by atoms with Crippen molar-refractivity contribution in [1.82, 2.24) is 0 Å². The van der Waals surface area contributed by atoms with Gasteiger partial charge in [-0.1, -0.05) is 11.6 Å². The van der Waals surface area contributed by atoms with E-state index in [9.17, 15) is 4.79 Å². The second-order valence-corrected chi connectivity index (χ2v) is 4.11. The van der Waals surface area contributed by atoms with Crippen LogP contribution in [-0.4, -0.2) is 19.2 Å². The van der Waals surface area contributed by atoms with Crippen LogP contribution in [0.5, 0.6) is 5.75 Å². The lowest BCUT2D eigenvalue weighted by atomic mass is 10.1. The molecule has 1 heterocycles. The molecule has 0 saturated carbocycles. The zero-order valence-corrected chi connectivity index (χ0v) is 10.3. The summed E-state index contributed by atoms with van der Waals surface area (Å²) in [5.41, 5.74) is 1.49. The number of fused-ring (bicyclic) bond motifs is 1. The lowest BCUT2D eigenvalue weighted by molar-refractivity contribution is -0.138. The topological polar surface area (TPSA) is 35.5 Å². The molecule has 0 saturated heterocycles. The van der Waals surface area contributed by atoms with E-state index in [0.29, 0.717) is 36.0 Å². The molecule has 0 radical (unpaired) electrons. The Balaban J connectivity index is 2.32. The number of benzene rings is 1. The lowest BCUT2D eigenvalue weighted by Gasteiger charge is -2.05. The van der Waals surface area contributed by atoms with Gasteiger partial charge in [0.1, 0.15) is 5.75 Å². The third kappa shape index (κ3) is 2.80. The number of carbonyl (C=O) groups excluding carboxylic acids is 1. The molecule has 1 aliphatic heterocycles. The van der Waals surface area contributed by atoms with Gasteiger partial charge in [-0.3, -0.25) is 0 Å². The van der Waals surface area contributed by atoms with Crippen LogP contribution in [0.3, 0.4) is 0 Å². The Labute approximate surface area is 105 Å². The molecule has 0 unspecified atom stereocenters. The minimum absolute atomic E-state index is 0.279. The van der Waals surface area contributed by atoms with Crippen LogP contribution in [0.25, 0.3) is 6.08 Å². The van der Waals surface area contributed by atoms with Gasteiger partial charge in [-0.05, 0) is 31.2 Å². The van der Waals surface area contributed by atoms with E-state index >= 15 is 0 Å². The first-order valence-electron chi connectivity index (χ1n) is 5.50. The molecule has 1 aliphatic rings. The van der Waals surface area contributed by atoms with Crippen molar-refractivity contribution >= 4 is 23.6 Å². The van der Waals surface area contributed by atoms with E-state index in [1.807, 2.05) is 6.07 Å². The van der Waals surface area contributed by atoms with Crippen molar-refractivity contribution in [3.63, 3.8) is 0 Å². The third-order valence-electron chi connectivity index (χ3n) is 2.47. The first-order chi connectivity index (χ1) is 8.20. The normalized spacial score (nSPS) is 14.1. The predicted octanol–water partition coefficient (Wildman–Crippen LogP) is 3.07. The molecule has 17 heavy (non-hydrogen) atoms. The summed E-state index contributed by atoms with van der Waals surface area (Å²) in [5, 5.41) is 0.622. The Bertz CT molecular complexity index is 466. The van der Waals surface area contributed by atoms with Crippen molar-refractivity contribution in [1.29, 1.82) is 0 Å². The summed E-state index contributed by atoms with van der Waals surface area (Å²) < 4.78 is 10.5. The van der Waals surface area contributed by atoms with Gasteiger partial charge < -0.3 is 9.47 Å². The Kier molecular flexibility index (Phi) is 3.69. The molecule has 2 rings (SSSR count). The number of hydrogen-bond acceptors (Lipinski definition) is 3. The van der Waals surface area contributed by atoms with Gasteiger partial charge in [-0.2, -0.15) is 0 Å². The van der Waals surface area contributed by atoms with Crippen molar-refractivity contribution in [2.75, 3.05) is 13.2 Å². The summed E-state index contributed by atoms with van der Waals surface area (Å²) in [7, 11) is 0. The fraction of sp³-hybridized carbons (Fsp3) is 0.308. The summed E-state index contributed by atoms with van der Waals surface area (Å²) in [6.07, 6.45) is 2.35. The van der Waals surface area contributed by atoms with Crippen molar-refractivity contribution in [2.45, 2.75) is 13.3 Å². The number of carbonyl (C=O) groups is 1. The number of ether oxygens (including phenoxy) is 2. The molecule has 0 aliphatic carbocycles. The van der Waals surface area contributed by atoms with Crippen LogP contribution in [-0.2, 0) is 9.53 Å². The Hall–Kier alpha value is -1.48. The number of esters is 1. The first kappa shape index (κ1) is 12.0. The fourth-order valence-electron chi connectivity index (χ4n) is 1.67. The quantitative estimate of drug-likeness (QED) is 0.759. The summed E-state index contributed by atoms with van der Waals surface area (Å²) in [6, 6.07) is 5.36. The molecule has 0 atom stereocenters. The van der Waals surface area contributed by atoms with Gasteiger partial charge >= 0.3 is 5.97 Å². The van der Waals surface area contributed by atoms with Crippen LogP contribution in [0.15, 0.2) is 23.8 Å². The average Bonchev–Trinajstić information content (AvgIpc) is 2.51. The number of halogens is 1. The summed E-state index contributed by atoms with van der Waals surface area (Å²) in [4.78, 5) is 11.7. The summed E-state index contributed by atoms with van der Waals surface area (Å²) in [5.74, 6) is 0.427. The smallest absolute Gasteiger partial charge is 0.334 e. The largest absolute Gasteiger partial charge is 0.493 e. The van der Waals surface area contributed by atoms with Gasteiger partial charge in [-0.25, -0.2) is 4.79 Å². The molecule has 4 heteroatoms. The maximum Gasteiger partial charge on any atom is 0.334 e. The molecule has 0 amide bonds. The van der Waals surface area contributed by atoms with Crippen LogP contribution in [0.1, 0.15) is 18.9 Å². The summed E-state index contributed by atoms with van der Waals surface area (Å²) >= 11 is 5.89. The zero-order valence-electron chi connectivity index (χ0n) is 9.53. The molecule has 0 bridgehead atoms. The fourth-order valence-corrected chi connectivity index (χ4v) is 1.83. The van der Waals surface area contributed by atoms with Crippen molar-refractivity contribution in [2.24, 2.45) is 0 Å². The highest BCUT2D eigenvalue weighted by molar-refractivity contribution is 6.30. The molecule has 0 fully saturated rings. The standard InChI is InChI=1S/C13H13ClO3/c1-2-16-13(15)10-5-6-17-12-8-11(14)4-3-9(12)7-10/h3-4,7-8H,2,5-6H2,1H3. The molecule has 1 aromatic rings. The maximum absolute atomic E-state index is 11.7. The second kappa shape index (κ2) is 5.23. The Morgan fingerprint density at radius 1 is 1.53 bits per heavy atom. The highest BCUT2D eigenvalue weighted by atomic mass is 35.5. The Morgan fingerprint density at radius 3 is 3.12 bits per heavy atom. The van der Waals surface area contributed by atoms with E-state index in [1.54, 1.807) is 25.1 Å². The molecule has 1 aromatic carbocycles. The molecular formula is C13H13ClO3. The zero-order chi connectivity index (χ0) is 12.3. The van der Waals surface area contributed by atoms with E-state index in [4.69, 9.17) is 21.1 Å². The van der Waals surface area contributed by atoms with E-state index in [-0.39, 0.29) is 5.97 Å². The van der Waals surface area contributed by atoms with E-state index in [1.165, 1.54) is 0 Å². The van der Waals surface area contributed by atoms with Gasteiger partial charge in [0.2, 0.25) is 0 Å². The maximum atomic E-state index is 11.7. The molecule has 0 aromatic heterocycles. The third-order valence-corrected chi connectivity index (χ3v) is 2.71. The van der Waals surface area contributed by atoms with Crippen LogP contribution < -0.4 is 4.74 Å². The first-order valence-corrected chi connectivity index (χ1v) is 5.88. The molecule has 3 nitrogen and oxygen atoms in total. The average molecular weight is 253 g/mol. The Morgan fingerprint density at radius 2 is 2.35 bits per heavy atom. The van der Waals surface area contributed by atoms with E-state index < -0.39 is 0 Å². The highest BCUT2D eigenvalue weighted by Gasteiger charge is 2.16. The number of rotatable bonds is 2. The molecule has 0 N–H and O–H groups in total. The van der Waals surface area contributed by atoms with Crippen LogP contribution in [0, 0.1) is 0 Å². The molecular weight excluding hydrogens is 240 g/mol. The minimum atomic E-state index is -0.279. The van der Waals surface area contributed by atoms with Gasteiger partial charge in [0, 0.05) is 22.6 Å². The van der Waals surface area contributed by atoms with Crippen molar-refractivity contribution < 1.29 is 14.3 Å². The minimum Gasteiger partial charge on any atom is -0.493 e. The predicted molar refractivity (Wildman–Crippen MR) is 66.2 cm³/mol. The second-order valence-electron chi connectivity index (χ2n) is 3.67. The van der Waals surface area contributed by atoms with Crippen LogP contribution >= 0.6 is 11.6 Å². The van der Waals surface area contributed by atoms with E-state index in [2.05, 4.69) is 0 Å². The van der Waals surface area contributed by atoms with Crippen molar-refractivity contribution in [3.8, 4) is 5.75 Å². The van der Waals surface area contributed by atoms with Gasteiger partial charge in [0.25, 0.3) is 0 Å². The van der Waals surface area contributed by atoms with E-state index in [0.717, 1.165) is 5.56 Å². The SMILES string of the molecule is CCOC(=O)C1=Cc2ccc(Cl)cc2OCC1. The molecule has 0 spiro atoms. The van der Waals surface area contributed by atoms with Gasteiger partial charge in [-0.15, -0.1) is 0 Å². The monoisotopic (exact) mass is 252 g/mol. The summed E-state index contributed by atoms with van der Waals surface area (Å²) in [6.45, 7) is 2.63. The van der Waals surface area contributed by atoms with Crippen LogP contribution in [0.2, 0.25) is 5.02 Å². The molecule has 90 valence electrons. The van der Waals surface area contributed by atoms with Crippen LogP contribution in [0.4, 0.5) is 0 Å².